The van der Waals surface area contributed by atoms with E-state index in [0.29, 0.717) is 18.7 Å². The van der Waals surface area contributed by atoms with Crippen LogP contribution < -0.4 is 5.32 Å². The third-order valence-electron chi connectivity index (χ3n) is 3.73. The zero-order valence-corrected chi connectivity index (χ0v) is 15.7. The number of carbonyl (C=O) groups excluding carboxylic acids is 2. The first-order valence-corrected chi connectivity index (χ1v) is 9.97. The highest BCUT2D eigenvalue weighted by Crippen LogP contribution is 2.22. The Balaban J connectivity index is 2.05. The molecular formula is C17H24N2O5S. The van der Waals surface area contributed by atoms with Gasteiger partial charge in [0.25, 0.3) is 0 Å². The fraction of sp³-hybridized carbons (Fsp3) is 0.529. The van der Waals surface area contributed by atoms with Gasteiger partial charge in [-0.3, -0.25) is 9.69 Å². The summed E-state index contributed by atoms with van der Waals surface area (Å²) in [6.45, 7) is 5.80. The topological polar surface area (TPSA) is 92.8 Å². The lowest BCUT2D eigenvalue weighted by Crippen LogP contribution is -2.45. The number of hydrogen-bond donors (Lipinski definition) is 1. The minimum Gasteiger partial charge on any atom is -0.444 e. The van der Waals surface area contributed by atoms with E-state index in [9.17, 15) is 18.0 Å². The van der Waals surface area contributed by atoms with Crippen LogP contribution in [0.5, 0.6) is 0 Å². The van der Waals surface area contributed by atoms with Crippen molar-refractivity contribution in [2.24, 2.45) is 0 Å². The maximum Gasteiger partial charge on any atom is 0.410 e. The van der Waals surface area contributed by atoms with Gasteiger partial charge in [-0.2, -0.15) is 0 Å². The molecule has 0 aromatic heterocycles. The summed E-state index contributed by atoms with van der Waals surface area (Å²) >= 11 is 0. The number of nitrogens with one attached hydrogen (secondary N) is 1. The molecule has 0 saturated carbocycles. The van der Waals surface area contributed by atoms with E-state index in [0.717, 1.165) is 12.7 Å². The van der Waals surface area contributed by atoms with E-state index in [-0.39, 0.29) is 10.8 Å². The quantitative estimate of drug-likeness (QED) is 0.884. The van der Waals surface area contributed by atoms with E-state index in [1.54, 1.807) is 20.8 Å². The van der Waals surface area contributed by atoms with E-state index in [1.807, 2.05) is 0 Å². The van der Waals surface area contributed by atoms with E-state index in [2.05, 4.69) is 5.32 Å². The highest BCUT2D eigenvalue weighted by Gasteiger charge is 2.36. The molecule has 1 saturated heterocycles. The maximum atomic E-state index is 12.5. The number of rotatable bonds is 3. The van der Waals surface area contributed by atoms with E-state index in [1.165, 1.54) is 29.2 Å². The summed E-state index contributed by atoms with van der Waals surface area (Å²) in [5.74, 6) is -0.310. The second kappa shape index (κ2) is 7.03. The first-order chi connectivity index (χ1) is 11.5. The lowest BCUT2D eigenvalue weighted by Gasteiger charge is -2.28. The highest BCUT2D eigenvalue weighted by molar-refractivity contribution is 7.90. The molecule has 7 nitrogen and oxygen atoms in total. The second-order valence-corrected chi connectivity index (χ2v) is 9.13. The summed E-state index contributed by atoms with van der Waals surface area (Å²) in [6, 6.07) is 5.34. The number of ether oxygens (including phenoxy) is 1. The van der Waals surface area contributed by atoms with Crippen molar-refractivity contribution in [3.05, 3.63) is 24.3 Å². The first kappa shape index (κ1) is 19.2. The Labute approximate surface area is 148 Å². The van der Waals surface area contributed by atoms with Gasteiger partial charge in [0.15, 0.2) is 9.84 Å². The van der Waals surface area contributed by atoms with Crippen molar-refractivity contribution in [3.8, 4) is 0 Å². The highest BCUT2D eigenvalue weighted by atomic mass is 32.2. The normalized spacial score (nSPS) is 18.1. The van der Waals surface area contributed by atoms with Crippen LogP contribution in [0.25, 0.3) is 0 Å². The molecule has 1 aromatic carbocycles. The van der Waals surface area contributed by atoms with Crippen LogP contribution in [-0.2, 0) is 19.4 Å². The van der Waals surface area contributed by atoms with Crippen molar-refractivity contribution < 1.29 is 22.7 Å². The molecule has 0 bridgehead atoms. The van der Waals surface area contributed by atoms with E-state index < -0.39 is 27.6 Å². The Morgan fingerprint density at radius 1 is 1.20 bits per heavy atom. The smallest absolute Gasteiger partial charge is 0.410 e. The van der Waals surface area contributed by atoms with Crippen LogP contribution in [0.15, 0.2) is 29.2 Å². The Kier molecular flexibility index (Phi) is 5.41. The lowest BCUT2D eigenvalue weighted by atomic mass is 10.2. The molecule has 2 rings (SSSR count). The van der Waals surface area contributed by atoms with Gasteiger partial charge in [0.1, 0.15) is 11.6 Å². The van der Waals surface area contributed by atoms with Gasteiger partial charge in [0.05, 0.1) is 4.90 Å². The second-order valence-electron chi connectivity index (χ2n) is 7.12. The van der Waals surface area contributed by atoms with Gasteiger partial charge in [-0.05, 0) is 57.9 Å². The Hall–Kier alpha value is -2.09. The first-order valence-electron chi connectivity index (χ1n) is 8.08. The zero-order chi connectivity index (χ0) is 18.8. The van der Waals surface area contributed by atoms with Crippen molar-refractivity contribution in [3.63, 3.8) is 0 Å². The number of amides is 2. The molecule has 1 atom stereocenters. The predicted molar refractivity (Wildman–Crippen MR) is 94.1 cm³/mol. The molecule has 1 aliphatic heterocycles. The number of carbonyl (C=O) groups is 2. The van der Waals surface area contributed by atoms with Crippen molar-refractivity contribution in [2.45, 2.75) is 50.2 Å². The SMILES string of the molecule is CC(C)(C)OC(=O)N1CCC[C@@H]1C(=O)Nc1ccc(S(C)(=O)=O)cc1. The summed E-state index contributed by atoms with van der Waals surface area (Å²) in [5, 5.41) is 2.73. The van der Waals surface area contributed by atoms with Gasteiger partial charge in [0, 0.05) is 18.5 Å². The summed E-state index contributed by atoms with van der Waals surface area (Å²) in [7, 11) is -3.28. The molecule has 1 aromatic rings. The largest absolute Gasteiger partial charge is 0.444 e. The lowest BCUT2D eigenvalue weighted by molar-refractivity contribution is -0.120. The van der Waals surface area contributed by atoms with Crippen molar-refractivity contribution in [1.82, 2.24) is 4.90 Å². The van der Waals surface area contributed by atoms with E-state index in [4.69, 9.17) is 4.74 Å². The van der Waals surface area contributed by atoms with Crippen LogP contribution >= 0.6 is 0 Å². The van der Waals surface area contributed by atoms with Gasteiger partial charge in [-0.15, -0.1) is 0 Å². The molecule has 0 spiro atoms. The van der Waals surface area contributed by atoms with Crippen LogP contribution in [0.3, 0.4) is 0 Å². The predicted octanol–water partition coefficient (Wildman–Crippen LogP) is 2.43. The fourth-order valence-corrected chi connectivity index (χ4v) is 3.22. The molecule has 138 valence electrons. The van der Waals surface area contributed by atoms with Gasteiger partial charge >= 0.3 is 6.09 Å². The minimum atomic E-state index is -3.28. The number of benzene rings is 1. The molecule has 2 amide bonds. The molecule has 8 heteroatoms. The molecule has 0 aliphatic carbocycles. The Bertz CT molecular complexity index is 750. The van der Waals surface area contributed by atoms with Crippen molar-refractivity contribution >= 4 is 27.5 Å². The monoisotopic (exact) mass is 368 g/mol. The number of nitrogens with zero attached hydrogens (tertiary/aromatic N) is 1. The Morgan fingerprint density at radius 2 is 1.80 bits per heavy atom. The van der Waals surface area contributed by atoms with Crippen LogP contribution in [0.4, 0.5) is 10.5 Å². The van der Waals surface area contributed by atoms with Crippen LogP contribution in [0, 0.1) is 0 Å². The fourth-order valence-electron chi connectivity index (χ4n) is 2.59. The third-order valence-corrected chi connectivity index (χ3v) is 4.86. The van der Waals surface area contributed by atoms with Crippen LogP contribution in [0.2, 0.25) is 0 Å². The molecule has 25 heavy (non-hydrogen) atoms. The summed E-state index contributed by atoms with van der Waals surface area (Å²) in [4.78, 5) is 26.4. The van der Waals surface area contributed by atoms with Crippen LogP contribution in [-0.4, -0.2) is 49.8 Å². The van der Waals surface area contributed by atoms with Crippen molar-refractivity contribution in [2.75, 3.05) is 18.1 Å². The average Bonchev–Trinajstić information content (AvgIpc) is 2.94. The molecule has 0 radical (unpaired) electrons. The molecule has 1 heterocycles. The maximum absolute atomic E-state index is 12.5. The number of hydrogen-bond acceptors (Lipinski definition) is 5. The molecular weight excluding hydrogens is 344 g/mol. The summed E-state index contributed by atoms with van der Waals surface area (Å²) < 4.78 is 28.3. The van der Waals surface area contributed by atoms with Crippen molar-refractivity contribution in [1.29, 1.82) is 0 Å². The number of anilines is 1. The molecule has 1 aliphatic rings. The zero-order valence-electron chi connectivity index (χ0n) is 14.9. The minimum absolute atomic E-state index is 0.182. The number of likely N-dealkylation sites (tertiary alicyclic amines) is 1. The summed E-state index contributed by atoms with van der Waals surface area (Å²) in [6.07, 6.45) is 1.91. The van der Waals surface area contributed by atoms with Crippen LogP contribution in [0.1, 0.15) is 33.6 Å². The molecule has 1 fully saturated rings. The number of sulfone groups is 1. The molecule has 1 N–H and O–H groups in total. The molecule has 0 unspecified atom stereocenters. The van der Waals surface area contributed by atoms with Gasteiger partial charge in [0.2, 0.25) is 5.91 Å². The van der Waals surface area contributed by atoms with Gasteiger partial charge < -0.3 is 10.1 Å². The van der Waals surface area contributed by atoms with Gasteiger partial charge in [-0.1, -0.05) is 0 Å². The average molecular weight is 368 g/mol. The van der Waals surface area contributed by atoms with Gasteiger partial charge in [-0.25, -0.2) is 13.2 Å². The standard InChI is InChI=1S/C17H24N2O5S/c1-17(2,3)24-16(21)19-11-5-6-14(19)15(20)18-12-7-9-13(10-8-12)25(4,22)23/h7-10,14H,5-6,11H2,1-4H3,(H,18,20)/t14-/m1/s1. The Morgan fingerprint density at radius 3 is 2.32 bits per heavy atom. The third kappa shape index (κ3) is 5.19. The van der Waals surface area contributed by atoms with E-state index >= 15 is 0 Å². The summed E-state index contributed by atoms with van der Waals surface area (Å²) in [5.41, 5.74) is -0.143.